The van der Waals surface area contributed by atoms with Gasteiger partial charge in [0.25, 0.3) is 5.91 Å². The molecule has 1 atom stereocenters. The second-order valence-electron chi connectivity index (χ2n) is 7.89. The molecule has 0 spiro atoms. The summed E-state index contributed by atoms with van der Waals surface area (Å²) in [7, 11) is 1.55. The van der Waals surface area contributed by atoms with Crippen molar-refractivity contribution in [2.75, 3.05) is 31.4 Å². The molecule has 2 aromatic carbocycles. The molecule has 176 valence electrons. The van der Waals surface area contributed by atoms with E-state index in [2.05, 4.69) is 15.7 Å². The molecule has 34 heavy (non-hydrogen) atoms. The molecule has 4 rings (SSSR count). The fraction of sp³-hybridized carbons (Fsp3) is 0.240. The van der Waals surface area contributed by atoms with Crippen molar-refractivity contribution in [3.05, 3.63) is 83.2 Å². The predicted octanol–water partition coefficient (Wildman–Crippen LogP) is 3.08. The van der Waals surface area contributed by atoms with Gasteiger partial charge in [0, 0.05) is 19.1 Å². The lowest BCUT2D eigenvalue weighted by Crippen LogP contribution is -2.37. The summed E-state index contributed by atoms with van der Waals surface area (Å²) in [4.78, 5) is 24.4. The SMILES string of the molecule is COCCOC(=O)NC1C=Cc2c(cnn2Cc2ccc(C(=O)Nc3ccccc3N)cc2)C1. The van der Waals surface area contributed by atoms with Crippen LogP contribution in [0.25, 0.3) is 6.08 Å². The molecule has 9 heteroatoms. The highest BCUT2D eigenvalue weighted by atomic mass is 16.6. The largest absolute Gasteiger partial charge is 0.447 e. The Bertz CT molecular complexity index is 1190. The van der Waals surface area contributed by atoms with Crippen LogP contribution in [0.1, 0.15) is 27.2 Å². The third-order valence-electron chi connectivity index (χ3n) is 5.47. The minimum Gasteiger partial charge on any atom is -0.447 e. The Balaban J connectivity index is 1.35. The molecule has 0 fully saturated rings. The summed E-state index contributed by atoms with van der Waals surface area (Å²) < 4.78 is 11.8. The van der Waals surface area contributed by atoms with Gasteiger partial charge in [0.05, 0.1) is 42.5 Å². The highest BCUT2D eigenvalue weighted by Crippen LogP contribution is 2.21. The summed E-state index contributed by atoms with van der Waals surface area (Å²) in [6.07, 6.45) is 5.86. The second-order valence-corrected chi connectivity index (χ2v) is 7.89. The molecule has 1 aromatic heterocycles. The molecule has 3 aromatic rings. The number of fused-ring (bicyclic) bond motifs is 1. The van der Waals surface area contributed by atoms with E-state index in [1.165, 1.54) is 0 Å². The van der Waals surface area contributed by atoms with E-state index in [1.807, 2.05) is 47.3 Å². The third kappa shape index (κ3) is 5.62. The number of anilines is 2. The Hall–Kier alpha value is -4.11. The molecule has 1 aliphatic carbocycles. The van der Waals surface area contributed by atoms with Gasteiger partial charge in [-0.25, -0.2) is 4.79 Å². The predicted molar refractivity (Wildman–Crippen MR) is 129 cm³/mol. The molecule has 1 unspecified atom stereocenters. The number of nitrogens with zero attached hydrogens (tertiary/aromatic N) is 2. The number of amides is 2. The van der Waals surface area contributed by atoms with Crippen LogP contribution in [0.3, 0.4) is 0 Å². The van der Waals surface area contributed by atoms with Gasteiger partial charge in [0.15, 0.2) is 0 Å². The maximum atomic E-state index is 12.5. The fourth-order valence-corrected chi connectivity index (χ4v) is 3.67. The normalized spacial score (nSPS) is 14.3. The number of methoxy groups -OCH3 is 1. The van der Waals surface area contributed by atoms with Crippen molar-refractivity contribution in [3.63, 3.8) is 0 Å². The van der Waals surface area contributed by atoms with E-state index in [-0.39, 0.29) is 18.6 Å². The Morgan fingerprint density at radius 1 is 1.15 bits per heavy atom. The van der Waals surface area contributed by atoms with Gasteiger partial charge >= 0.3 is 6.09 Å². The minimum atomic E-state index is -0.471. The Morgan fingerprint density at radius 2 is 1.94 bits per heavy atom. The van der Waals surface area contributed by atoms with Crippen molar-refractivity contribution in [1.82, 2.24) is 15.1 Å². The van der Waals surface area contributed by atoms with Gasteiger partial charge < -0.3 is 25.8 Å². The van der Waals surface area contributed by atoms with Crippen LogP contribution >= 0.6 is 0 Å². The lowest BCUT2D eigenvalue weighted by molar-refractivity contribution is 0.0973. The number of carbonyl (C=O) groups is 2. The number of aromatic nitrogens is 2. The van der Waals surface area contributed by atoms with E-state index in [4.69, 9.17) is 15.2 Å². The van der Waals surface area contributed by atoms with Crippen LogP contribution in [-0.2, 0) is 22.4 Å². The first kappa shape index (κ1) is 23.1. The van der Waals surface area contributed by atoms with Gasteiger partial charge in [-0.1, -0.05) is 30.3 Å². The van der Waals surface area contributed by atoms with Crippen molar-refractivity contribution < 1.29 is 19.1 Å². The van der Waals surface area contributed by atoms with E-state index in [0.717, 1.165) is 16.8 Å². The van der Waals surface area contributed by atoms with Crippen molar-refractivity contribution in [2.45, 2.75) is 19.0 Å². The summed E-state index contributed by atoms with van der Waals surface area (Å²) in [6, 6.07) is 14.4. The summed E-state index contributed by atoms with van der Waals surface area (Å²) in [5, 5.41) is 10.2. The standard InChI is InChI=1S/C25H27N5O4/c1-33-12-13-34-25(32)28-20-10-11-23-19(14-20)15-27-30(23)16-17-6-8-18(9-7-17)24(31)29-22-5-3-2-4-21(22)26/h2-11,15,20H,12-14,16,26H2,1H3,(H,28,32)(H,29,31). The number of carbonyl (C=O) groups excluding carboxylic acids is 2. The van der Waals surface area contributed by atoms with Crippen LogP contribution in [0, 0.1) is 0 Å². The highest BCUT2D eigenvalue weighted by Gasteiger charge is 2.20. The Morgan fingerprint density at radius 3 is 2.71 bits per heavy atom. The number of ether oxygens (including phenoxy) is 2. The highest BCUT2D eigenvalue weighted by molar-refractivity contribution is 6.05. The lowest BCUT2D eigenvalue weighted by Gasteiger charge is -2.19. The molecular weight excluding hydrogens is 434 g/mol. The molecular formula is C25H27N5O4. The van der Waals surface area contributed by atoms with Crippen LogP contribution in [0.15, 0.2) is 60.8 Å². The fourth-order valence-electron chi connectivity index (χ4n) is 3.67. The molecule has 1 heterocycles. The molecule has 0 saturated carbocycles. The number of hydrogen-bond donors (Lipinski definition) is 3. The van der Waals surface area contributed by atoms with E-state index < -0.39 is 6.09 Å². The number of nitrogens with two attached hydrogens (primary N) is 1. The van der Waals surface area contributed by atoms with E-state index in [9.17, 15) is 9.59 Å². The number of para-hydroxylation sites is 2. The monoisotopic (exact) mass is 461 g/mol. The number of benzene rings is 2. The zero-order chi connectivity index (χ0) is 23.9. The smallest absolute Gasteiger partial charge is 0.407 e. The first-order valence-electron chi connectivity index (χ1n) is 10.9. The Labute approximate surface area is 197 Å². The van der Waals surface area contributed by atoms with Crippen LogP contribution < -0.4 is 16.4 Å². The van der Waals surface area contributed by atoms with Crippen molar-refractivity contribution in [2.24, 2.45) is 0 Å². The van der Waals surface area contributed by atoms with Crippen molar-refractivity contribution in [1.29, 1.82) is 0 Å². The molecule has 0 saturated heterocycles. The molecule has 9 nitrogen and oxygen atoms in total. The number of hydrogen-bond acceptors (Lipinski definition) is 6. The topological polar surface area (TPSA) is 120 Å². The molecule has 1 aliphatic rings. The first-order valence-corrected chi connectivity index (χ1v) is 10.9. The number of nitrogens with one attached hydrogen (secondary N) is 2. The third-order valence-corrected chi connectivity index (χ3v) is 5.47. The van der Waals surface area contributed by atoms with Crippen molar-refractivity contribution in [3.8, 4) is 0 Å². The summed E-state index contributed by atoms with van der Waals surface area (Å²) in [6.45, 7) is 1.13. The van der Waals surface area contributed by atoms with Crippen LogP contribution in [0.5, 0.6) is 0 Å². The van der Waals surface area contributed by atoms with Crippen LogP contribution in [0.2, 0.25) is 0 Å². The number of rotatable bonds is 8. The molecule has 0 radical (unpaired) electrons. The quantitative estimate of drug-likeness (QED) is 0.350. The van der Waals surface area contributed by atoms with Gasteiger partial charge in [-0.3, -0.25) is 9.48 Å². The van der Waals surface area contributed by atoms with Gasteiger partial charge in [-0.2, -0.15) is 5.10 Å². The lowest BCUT2D eigenvalue weighted by atomic mass is 10.00. The zero-order valence-electron chi connectivity index (χ0n) is 18.9. The second kappa shape index (κ2) is 10.7. The average Bonchev–Trinajstić information content (AvgIpc) is 3.23. The molecule has 0 bridgehead atoms. The van der Waals surface area contributed by atoms with E-state index in [0.29, 0.717) is 36.5 Å². The average molecular weight is 462 g/mol. The van der Waals surface area contributed by atoms with Gasteiger partial charge in [-0.15, -0.1) is 0 Å². The summed E-state index contributed by atoms with van der Waals surface area (Å²) in [5.41, 5.74) is 10.6. The maximum absolute atomic E-state index is 12.5. The summed E-state index contributed by atoms with van der Waals surface area (Å²) >= 11 is 0. The van der Waals surface area contributed by atoms with Crippen molar-refractivity contribution >= 4 is 29.5 Å². The van der Waals surface area contributed by atoms with Gasteiger partial charge in [0.2, 0.25) is 0 Å². The number of nitrogen functional groups attached to an aromatic ring is 1. The number of alkyl carbamates (subject to hydrolysis) is 1. The van der Waals surface area contributed by atoms with E-state index >= 15 is 0 Å². The molecule has 4 N–H and O–H groups in total. The molecule has 2 amide bonds. The van der Waals surface area contributed by atoms with Gasteiger partial charge in [-0.05, 0) is 41.5 Å². The summed E-state index contributed by atoms with van der Waals surface area (Å²) in [5.74, 6) is -0.219. The van der Waals surface area contributed by atoms with E-state index in [1.54, 1.807) is 31.4 Å². The first-order chi connectivity index (χ1) is 16.5. The zero-order valence-corrected chi connectivity index (χ0v) is 18.9. The maximum Gasteiger partial charge on any atom is 0.407 e. The minimum absolute atomic E-state index is 0.156. The van der Waals surface area contributed by atoms with Crippen LogP contribution in [0.4, 0.5) is 16.2 Å². The van der Waals surface area contributed by atoms with Crippen LogP contribution in [-0.4, -0.2) is 48.1 Å². The molecule has 0 aliphatic heterocycles. The van der Waals surface area contributed by atoms with Gasteiger partial charge in [0.1, 0.15) is 6.61 Å². The Kier molecular flexibility index (Phi) is 7.24.